The van der Waals surface area contributed by atoms with Crippen molar-refractivity contribution in [2.45, 2.75) is 13.0 Å². The Labute approximate surface area is 197 Å². The first-order valence-corrected chi connectivity index (χ1v) is 11.1. The first-order valence-electron chi connectivity index (χ1n) is 11.1. The van der Waals surface area contributed by atoms with Gasteiger partial charge in [-0.05, 0) is 48.9 Å². The van der Waals surface area contributed by atoms with Crippen molar-refractivity contribution in [1.29, 1.82) is 0 Å². The number of carbonyl (C=O) groups excluding carboxylic acids is 1. The average Bonchev–Trinajstić information content (AvgIpc) is 3.34. The molecule has 0 spiro atoms. The standard InChI is InChI=1S/C27H25N3O4/c1-18(19-12-13-24-25(16-19)34-15-14-33-24)28-27(31)22-17-30(20-8-4-3-5-9-20)29-26(22)21-10-6-7-11-23(21)32-2/h3-13,16-18H,14-15H2,1-2H3,(H,28,31)/t18-/m1/s1. The molecule has 7 heteroatoms. The number of amides is 1. The molecule has 0 radical (unpaired) electrons. The van der Waals surface area contributed by atoms with Gasteiger partial charge in [0, 0.05) is 11.8 Å². The number of carbonyl (C=O) groups is 1. The van der Waals surface area contributed by atoms with E-state index in [0.717, 1.165) is 22.6 Å². The first-order chi connectivity index (χ1) is 16.6. The van der Waals surface area contributed by atoms with Crippen LogP contribution in [0.5, 0.6) is 17.2 Å². The number of hydrogen-bond acceptors (Lipinski definition) is 5. The van der Waals surface area contributed by atoms with Gasteiger partial charge in [0.25, 0.3) is 5.91 Å². The topological polar surface area (TPSA) is 74.6 Å². The lowest BCUT2D eigenvalue weighted by Gasteiger charge is -2.21. The third-order valence-corrected chi connectivity index (χ3v) is 5.76. The molecule has 1 atom stereocenters. The van der Waals surface area contributed by atoms with E-state index in [2.05, 4.69) is 5.32 Å². The van der Waals surface area contributed by atoms with Crippen molar-refractivity contribution in [3.8, 4) is 34.2 Å². The summed E-state index contributed by atoms with van der Waals surface area (Å²) in [5.41, 5.74) is 3.53. The smallest absolute Gasteiger partial charge is 0.255 e. The van der Waals surface area contributed by atoms with Gasteiger partial charge in [0.2, 0.25) is 0 Å². The van der Waals surface area contributed by atoms with Crippen molar-refractivity contribution in [2.75, 3.05) is 20.3 Å². The van der Waals surface area contributed by atoms with Gasteiger partial charge in [-0.3, -0.25) is 4.79 Å². The predicted molar refractivity (Wildman–Crippen MR) is 129 cm³/mol. The van der Waals surface area contributed by atoms with Crippen molar-refractivity contribution in [3.63, 3.8) is 0 Å². The normalized spacial score (nSPS) is 13.2. The second-order valence-electron chi connectivity index (χ2n) is 7.97. The molecule has 0 unspecified atom stereocenters. The van der Waals surface area contributed by atoms with Crippen molar-refractivity contribution in [1.82, 2.24) is 15.1 Å². The predicted octanol–water partition coefficient (Wildman–Crippen LogP) is 4.81. The number of ether oxygens (including phenoxy) is 3. The molecule has 172 valence electrons. The fraction of sp³-hybridized carbons (Fsp3) is 0.185. The summed E-state index contributed by atoms with van der Waals surface area (Å²) < 4.78 is 18.6. The van der Waals surface area contributed by atoms with E-state index in [0.29, 0.717) is 36.0 Å². The van der Waals surface area contributed by atoms with Gasteiger partial charge in [0.15, 0.2) is 11.5 Å². The molecule has 2 heterocycles. The summed E-state index contributed by atoms with van der Waals surface area (Å²) in [5, 5.41) is 7.86. The van der Waals surface area contributed by atoms with Crippen LogP contribution in [0.1, 0.15) is 28.9 Å². The maximum absolute atomic E-state index is 13.5. The van der Waals surface area contributed by atoms with Crippen molar-refractivity contribution >= 4 is 5.91 Å². The Morgan fingerprint density at radius 2 is 1.74 bits per heavy atom. The van der Waals surface area contributed by atoms with E-state index in [4.69, 9.17) is 19.3 Å². The van der Waals surface area contributed by atoms with Crippen LogP contribution >= 0.6 is 0 Å². The molecular formula is C27H25N3O4. The van der Waals surface area contributed by atoms with E-state index in [1.54, 1.807) is 18.0 Å². The molecule has 1 aromatic heterocycles. The lowest BCUT2D eigenvalue weighted by atomic mass is 10.0. The molecule has 5 rings (SSSR count). The van der Waals surface area contributed by atoms with E-state index < -0.39 is 0 Å². The molecule has 7 nitrogen and oxygen atoms in total. The summed E-state index contributed by atoms with van der Waals surface area (Å²) in [7, 11) is 1.61. The van der Waals surface area contributed by atoms with Crippen LogP contribution in [-0.2, 0) is 0 Å². The molecule has 0 bridgehead atoms. The molecule has 1 aliphatic rings. The van der Waals surface area contributed by atoms with Crippen LogP contribution in [0.4, 0.5) is 0 Å². The Morgan fingerprint density at radius 3 is 2.53 bits per heavy atom. The molecule has 0 fully saturated rings. The highest BCUT2D eigenvalue weighted by atomic mass is 16.6. The van der Waals surface area contributed by atoms with Crippen molar-refractivity contribution < 1.29 is 19.0 Å². The van der Waals surface area contributed by atoms with Gasteiger partial charge in [-0.2, -0.15) is 5.10 Å². The summed E-state index contributed by atoms with van der Waals surface area (Å²) in [4.78, 5) is 13.5. The monoisotopic (exact) mass is 455 g/mol. The number of aromatic nitrogens is 2. The van der Waals surface area contributed by atoms with Crippen molar-refractivity contribution in [3.05, 3.63) is 90.1 Å². The van der Waals surface area contributed by atoms with E-state index in [1.807, 2.05) is 79.7 Å². The Balaban J connectivity index is 1.49. The van der Waals surface area contributed by atoms with Crippen LogP contribution in [0.25, 0.3) is 16.9 Å². The largest absolute Gasteiger partial charge is 0.496 e. The van der Waals surface area contributed by atoms with E-state index >= 15 is 0 Å². The maximum Gasteiger partial charge on any atom is 0.255 e. The average molecular weight is 456 g/mol. The van der Waals surface area contributed by atoms with Gasteiger partial charge >= 0.3 is 0 Å². The summed E-state index contributed by atoms with van der Waals surface area (Å²) >= 11 is 0. The molecule has 0 saturated heterocycles. The van der Waals surface area contributed by atoms with Crippen LogP contribution in [0.2, 0.25) is 0 Å². The third-order valence-electron chi connectivity index (χ3n) is 5.76. The molecule has 1 N–H and O–H groups in total. The number of rotatable bonds is 6. The van der Waals surface area contributed by atoms with E-state index in [9.17, 15) is 4.79 Å². The second kappa shape index (κ2) is 9.31. The van der Waals surface area contributed by atoms with Gasteiger partial charge < -0.3 is 19.5 Å². The van der Waals surface area contributed by atoms with E-state index in [1.165, 1.54) is 0 Å². The zero-order chi connectivity index (χ0) is 23.5. The van der Waals surface area contributed by atoms with Gasteiger partial charge in [0.1, 0.15) is 24.7 Å². The molecule has 0 saturated carbocycles. The minimum atomic E-state index is -0.256. The van der Waals surface area contributed by atoms with Gasteiger partial charge in [-0.25, -0.2) is 4.68 Å². The van der Waals surface area contributed by atoms with Crippen LogP contribution in [0.3, 0.4) is 0 Å². The lowest BCUT2D eigenvalue weighted by Crippen LogP contribution is -2.27. The maximum atomic E-state index is 13.5. The van der Waals surface area contributed by atoms with Crippen LogP contribution < -0.4 is 19.5 Å². The van der Waals surface area contributed by atoms with Crippen LogP contribution in [0.15, 0.2) is 79.0 Å². The van der Waals surface area contributed by atoms with E-state index in [-0.39, 0.29) is 11.9 Å². The highest BCUT2D eigenvalue weighted by molar-refractivity contribution is 6.00. The quantitative estimate of drug-likeness (QED) is 0.452. The molecular weight excluding hydrogens is 430 g/mol. The summed E-state index contributed by atoms with van der Waals surface area (Å²) in [6, 6.07) is 22.7. The Bertz CT molecular complexity index is 1320. The summed E-state index contributed by atoms with van der Waals surface area (Å²) in [6.07, 6.45) is 1.75. The molecule has 1 amide bonds. The van der Waals surface area contributed by atoms with Gasteiger partial charge in [-0.1, -0.05) is 36.4 Å². The SMILES string of the molecule is COc1ccccc1-c1nn(-c2ccccc2)cc1C(=O)N[C@H](C)c1ccc2c(c1)OCCO2. The van der Waals surface area contributed by atoms with Crippen LogP contribution in [-0.4, -0.2) is 36.0 Å². The van der Waals surface area contributed by atoms with Gasteiger partial charge in [-0.15, -0.1) is 0 Å². The molecule has 3 aromatic carbocycles. The number of methoxy groups -OCH3 is 1. The molecule has 0 aliphatic carbocycles. The molecule has 4 aromatic rings. The fourth-order valence-electron chi connectivity index (χ4n) is 3.98. The molecule has 1 aliphatic heterocycles. The number of hydrogen-bond donors (Lipinski definition) is 1. The first kappa shape index (κ1) is 21.6. The summed E-state index contributed by atoms with van der Waals surface area (Å²) in [5.74, 6) is 1.83. The number of nitrogens with one attached hydrogen (secondary N) is 1. The van der Waals surface area contributed by atoms with Gasteiger partial charge in [0.05, 0.1) is 24.4 Å². The zero-order valence-corrected chi connectivity index (χ0v) is 19.0. The minimum absolute atomic E-state index is 0.231. The Hall–Kier alpha value is -4.26. The Kier molecular flexibility index (Phi) is 5.91. The fourth-order valence-corrected chi connectivity index (χ4v) is 3.98. The van der Waals surface area contributed by atoms with Crippen molar-refractivity contribution in [2.24, 2.45) is 0 Å². The van der Waals surface area contributed by atoms with Crippen LogP contribution in [0, 0.1) is 0 Å². The minimum Gasteiger partial charge on any atom is -0.496 e. The number of fused-ring (bicyclic) bond motifs is 1. The number of para-hydroxylation sites is 2. The highest BCUT2D eigenvalue weighted by Gasteiger charge is 2.23. The zero-order valence-electron chi connectivity index (χ0n) is 19.0. The Morgan fingerprint density at radius 1 is 1.00 bits per heavy atom. The highest BCUT2D eigenvalue weighted by Crippen LogP contribution is 2.34. The molecule has 34 heavy (non-hydrogen) atoms. The number of benzene rings is 3. The second-order valence-corrected chi connectivity index (χ2v) is 7.97. The number of nitrogens with zero attached hydrogens (tertiary/aromatic N) is 2. The lowest BCUT2D eigenvalue weighted by molar-refractivity contribution is 0.0940. The third kappa shape index (κ3) is 4.20. The summed E-state index contributed by atoms with van der Waals surface area (Å²) in [6.45, 7) is 2.99.